The Bertz CT molecular complexity index is 710. The van der Waals surface area contributed by atoms with E-state index in [1.54, 1.807) is 0 Å². The molecule has 2 heterocycles. The molecule has 0 spiro atoms. The van der Waals surface area contributed by atoms with Gasteiger partial charge in [-0.3, -0.25) is 9.69 Å². The number of benzene rings is 1. The zero-order chi connectivity index (χ0) is 15.0. The fraction of sp³-hybridized carbons (Fsp3) is 0.438. The third kappa shape index (κ3) is 2.54. The number of nitrogens with one attached hydrogen (secondary N) is 1. The monoisotopic (exact) mass is 287 g/mol. The molecule has 0 radical (unpaired) electrons. The van der Waals surface area contributed by atoms with E-state index in [9.17, 15) is 9.90 Å². The topological polar surface area (TPSA) is 59.6 Å². The number of piperazine rings is 1. The first-order valence-electron chi connectivity index (χ1n) is 7.29. The van der Waals surface area contributed by atoms with Gasteiger partial charge in [0.05, 0.1) is 12.6 Å². The van der Waals surface area contributed by atoms with E-state index in [0.29, 0.717) is 0 Å². The number of likely N-dealkylation sites (N-methyl/N-ethyl adjacent to an activating group) is 1. The first-order chi connectivity index (χ1) is 10.1. The van der Waals surface area contributed by atoms with Crippen LogP contribution in [0.4, 0.5) is 5.82 Å². The van der Waals surface area contributed by atoms with Gasteiger partial charge < -0.3 is 15.0 Å². The summed E-state index contributed by atoms with van der Waals surface area (Å²) in [6.07, 6.45) is 0. The van der Waals surface area contributed by atoms with Gasteiger partial charge in [-0.15, -0.1) is 0 Å². The predicted octanol–water partition coefficient (Wildman–Crippen LogP) is 0.949. The number of aliphatic hydroxyl groups excluding tert-OH is 1. The highest BCUT2D eigenvalue weighted by atomic mass is 16.3. The van der Waals surface area contributed by atoms with Crippen molar-refractivity contribution in [3.05, 3.63) is 40.2 Å². The van der Waals surface area contributed by atoms with Crippen molar-refractivity contribution in [2.45, 2.75) is 13.0 Å². The summed E-state index contributed by atoms with van der Waals surface area (Å²) in [6, 6.07) is 7.93. The van der Waals surface area contributed by atoms with Crippen LogP contribution in [0.15, 0.2) is 29.1 Å². The Labute approximate surface area is 123 Å². The van der Waals surface area contributed by atoms with Crippen molar-refractivity contribution < 1.29 is 5.11 Å². The van der Waals surface area contributed by atoms with Gasteiger partial charge >= 0.3 is 0 Å². The number of pyridine rings is 1. The first-order valence-corrected chi connectivity index (χ1v) is 7.29. The molecule has 1 unspecified atom stereocenters. The maximum atomic E-state index is 12.3. The molecule has 1 atom stereocenters. The summed E-state index contributed by atoms with van der Waals surface area (Å²) in [5.74, 6) is 0.841. The number of hydrogen-bond donors (Lipinski definition) is 2. The van der Waals surface area contributed by atoms with Gasteiger partial charge in [-0.2, -0.15) is 0 Å². The van der Waals surface area contributed by atoms with E-state index in [1.807, 2.05) is 38.2 Å². The summed E-state index contributed by atoms with van der Waals surface area (Å²) in [5.41, 5.74) is 1.05. The van der Waals surface area contributed by atoms with Crippen molar-refractivity contribution in [3.8, 4) is 0 Å². The van der Waals surface area contributed by atoms with Crippen LogP contribution in [0.5, 0.6) is 0 Å². The van der Waals surface area contributed by atoms with E-state index < -0.39 is 0 Å². The number of aliphatic hydroxyl groups is 1. The zero-order valence-corrected chi connectivity index (χ0v) is 12.5. The minimum atomic E-state index is -0.0503. The molecular weight excluding hydrogens is 266 g/mol. The molecule has 0 saturated carbocycles. The van der Waals surface area contributed by atoms with E-state index >= 15 is 0 Å². The second-order valence-electron chi connectivity index (χ2n) is 5.78. The summed E-state index contributed by atoms with van der Waals surface area (Å²) in [4.78, 5) is 19.5. The van der Waals surface area contributed by atoms with Crippen LogP contribution in [-0.4, -0.2) is 54.3 Å². The molecule has 1 fully saturated rings. The molecule has 112 valence electrons. The molecule has 5 nitrogen and oxygen atoms in total. The summed E-state index contributed by atoms with van der Waals surface area (Å²) < 4.78 is 0. The van der Waals surface area contributed by atoms with E-state index in [-0.39, 0.29) is 18.2 Å². The normalized spacial score (nSPS) is 20.1. The fourth-order valence-electron chi connectivity index (χ4n) is 2.96. The lowest BCUT2D eigenvalue weighted by molar-refractivity contribution is 0.135. The summed E-state index contributed by atoms with van der Waals surface area (Å²) in [7, 11) is 2.02. The highest BCUT2D eigenvalue weighted by Crippen LogP contribution is 2.21. The third-order valence-electron chi connectivity index (χ3n) is 4.42. The van der Waals surface area contributed by atoms with Crippen molar-refractivity contribution >= 4 is 16.6 Å². The smallest absolute Gasteiger partial charge is 0.257 e. The van der Waals surface area contributed by atoms with Crippen LogP contribution in [0, 0.1) is 6.92 Å². The van der Waals surface area contributed by atoms with Crippen LogP contribution in [0.1, 0.15) is 5.56 Å². The summed E-state index contributed by atoms with van der Waals surface area (Å²) in [5, 5.41) is 11.2. The largest absolute Gasteiger partial charge is 0.395 e. The lowest BCUT2D eigenvalue weighted by atomic mass is 10.1. The van der Waals surface area contributed by atoms with E-state index in [0.717, 1.165) is 41.8 Å². The Kier molecular flexibility index (Phi) is 3.69. The quantitative estimate of drug-likeness (QED) is 0.863. The van der Waals surface area contributed by atoms with Crippen molar-refractivity contribution in [1.29, 1.82) is 0 Å². The molecule has 1 aliphatic heterocycles. The molecule has 5 heteroatoms. The van der Waals surface area contributed by atoms with Crippen LogP contribution in [0.2, 0.25) is 0 Å². The highest BCUT2D eigenvalue weighted by Gasteiger charge is 2.24. The molecule has 3 rings (SSSR count). The minimum Gasteiger partial charge on any atom is -0.395 e. The average molecular weight is 287 g/mol. The van der Waals surface area contributed by atoms with Gasteiger partial charge in [-0.1, -0.05) is 12.1 Å². The molecule has 1 saturated heterocycles. The Balaban J connectivity index is 2.01. The van der Waals surface area contributed by atoms with Crippen molar-refractivity contribution in [2.75, 3.05) is 38.2 Å². The number of aromatic nitrogens is 1. The lowest BCUT2D eigenvalue weighted by Gasteiger charge is -2.39. The van der Waals surface area contributed by atoms with Gasteiger partial charge in [0.25, 0.3) is 5.56 Å². The molecule has 0 amide bonds. The van der Waals surface area contributed by atoms with Crippen LogP contribution < -0.4 is 10.5 Å². The number of aryl methyl sites for hydroxylation is 1. The summed E-state index contributed by atoms with van der Waals surface area (Å²) in [6.45, 7) is 4.59. The van der Waals surface area contributed by atoms with Gasteiger partial charge in [0, 0.05) is 25.0 Å². The van der Waals surface area contributed by atoms with Crippen molar-refractivity contribution in [3.63, 3.8) is 0 Å². The number of nitrogens with zero attached hydrogens (tertiary/aromatic N) is 2. The number of rotatable bonds is 2. The fourth-order valence-corrected chi connectivity index (χ4v) is 2.96. The van der Waals surface area contributed by atoms with E-state index in [2.05, 4.69) is 14.8 Å². The predicted molar refractivity (Wildman–Crippen MR) is 85.0 cm³/mol. The molecule has 0 aliphatic carbocycles. The number of fused-ring (bicyclic) bond motifs is 1. The number of aromatic amines is 1. The van der Waals surface area contributed by atoms with E-state index in [4.69, 9.17) is 0 Å². The highest BCUT2D eigenvalue weighted by molar-refractivity contribution is 5.86. The second-order valence-corrected chi connectivity index (χ2v) is 5.78. The number of hydrogen-bond acceptors (Lipinski definition) is 4. The Morgan fingerprint density at radius 1 is 1.33 bits per heavy atom. The van der Waals surface area contributed by atoms with Crippen LogP contribution in [-0.2, 0) is 0 Å². The molecule has 1 aromatic heterocycles. The Morgan fingerprint density at radius 2 is 2.14 bits per heavy atom. The molecule has 1 aliphatic rings. The molecule has 2 N–H and O–H groups in total. The first kappa shape index (κ1) is 14.1. The molecule has 2 aromatic rings. The SMILES string of the molecule is Cc1cccc2c(=O)[nH]c(N3CCN(C)C(CO)C3)cc12. The lowest BCUT2D eigenvalue weighted by Crippen LogP contribution is -2.53. The van der Waals surface area contributed by atoms with Crippen LogP contribution >= 0.6 is 0 Å². The van der Waals surface area contributed by atoms with Crippen molar-refractivity contribution in [2.24, 2.45) is 0 Å². The van der Waals surface area contributed by atoms with Gasteiger partial charge in [-0.25, -0.2) is 0 Å². The maximum Gasteiger partial charge on any atom is 0.257 e. The Hall–Kier alpha value is -1.85. The molecule has 21 heavy (non-hydrogen) atoms. The number of anilines is 1. The van der Waals surface area contributed by atoms with Gasteiger partial charge in [0.15, 0.2) is 0 Å². The maximum absolute atomic E-state index is 12.3. The second kappa shape index (κ2) is 5.50. The number of H-pyrrole nitrogens is 1. The average Bonchev–Trinajstić information content (AvgIpc) is 2.48. The van der Waals surface area contributed by atoms with E-state index in [1.165, 1.54) is 0 Å². The van der Waals surface area contributed by atoms with Crippen molar-refractivity contribution in [1.82, 2.24) is 9.88 Å². The molecule has 1 aromatic carbocycles. The van der Waals surface area contributed by atoms with Crippen LogP contribution in [0.25, 0.3) is 10.8 Å². The standard InChI is InChI=1S/C16H21N3O2/c1-11-4-3-5-13-14(11)8-15(17-16(13)21)19-7-6-18(2)12(9-19)10-20/h3-5,8,12,20H,6-7,9-10H2,1-2H3,(H,17,21). The zero-order valence-electron chi connectivity index (χ0n) is 12.5. The van der Waals surface area contributed by atoms with Crippen LogP contribution in [0.3, 0.4) is 0 Å². The Morgan fingerprint density at radius 3 is 2.90 bits per heavy atom. The van der Waals surface area contributed by atoms with Gasteiger partial charge in [-0.05, 0) is 37.1 Å². The van der Waals surface area contributed by atoms with Gasteiger partial charge in [0.1, 0.15) is 5.82 Å². The molecule has 0 bridgehead atoms. The minimum absolute atomic E-state index is 0.0503. The third-order valence-corrected chi connectivity index (χ3v) is 4.42. The summed E-state index contributed by atoms with van der Waals surface area (Å²) >= 11 is 0. The molecular formula is C16H21N3O2. The van der Waals surface area contributed by atoms with Gasteiger partial charge in [0.2, 0.25) is 0 Å².